The maximum Gasteiger partial charge on any atom is 0.209 e. The van der Waals surface area contributed by atoms with Crippen LogP contribution in [0.2, 0.25) is 0 Å². The molecule has 8 nitrogen and oxygen atoms in total. The molecule has 2 aliphatic heterocycles. The zero-order valence-corrected chi connectivity index (χ0v) is 19.5. The molecule has 2 aliphatic rings. The minimum Gasteiger partial charge on any atom is -0.483 e. The van der Waals surface area contributed by atoms with E-state index in [1.54, 1.807) is 28.4 Å². The monoisotopic (exact) mass is 420 g/mol. The molecular formula is C22H36N4O4. The van der Waals surface area contributed by atoms with Crippen molar-refractivity contribution >= 4 is 23.6 Å². The Morgan fingerprint density at radius 2 is 0.933 bits per heavy atom. The highest BCUT2D eigenvalue weighted by atomic mass is 16.5. The predicted octanol–water partition coefficient (Wildman–Crippen LogP) is 3.32. The molecule has 4 atom stereocenters. The zero-order chi connectivity index (χ0) is 22.3. The van der Waals surface area contributed by atoms with Gasteiger partial charge in [-0.2, -0.15) is 0 Å². The second-order valence-corrected chi connectivity index (χ2v) is 8.04. The maximum atomic E-state index is 5.50. The highest BCUT2D eigenvalue weighted by molar-refractivity contribution is 5.95. The first kappa shape index (κ1) is 23.9. The first-order valence-corrected chi connectivity index (χ1v) is 10.5. The molecule has 30 heavy (non-hydrogen) atoms. The SMILES string of the molecule is COC1=N[C@H](C(C)C)C(OC)=N[C@H]1CC=CC[C@@H]1N=C(OC)[C@@H](C(C)C)N=C1OC. The van der Waals surface area contributed by atoms with Gasteiger partial charge in [-0.15, -0.1) is 0 Å². The van der Waals surface area contributed by atoms with Gasteiger partial charge < -0.3 is 18.9 Å². The van der Waals surface area contributed by atoms with Gasteiger partial charge in [0.25, 0.3) is 0 Å². The summed E-state index contributed by atoms with van der Waals surface area (Å²) in [6.45, 7) is 8.36. The molecule has 0 bridgehead atoms. The van der Waals surface area contributed by atoms with Gasteiger partial charge in [0.1, 0.15) is 24.2 Å². The molecule has 0 aromatic rings. The summed E-state index contributed by atoms with van der Waals surface area (Å²) in [7, 11) is 6.54. The molecule has 0 saturated carbocycles. The summed E-state index contributed by atoms with van der Waals surface area (Å²) in [5.41, 5.74) is 0. The van der Waals surface area contributed by atoms with Crippen LogP contribution in [0.4, 0.5) is 0 Å². The minimum atomic E-state index is -0.193. The summed E-state index contributed by atoms with van der Waals surface area (Å²) in [4.78, 5) is 18.8. The van der Waals surface area contributed by atoms with E-state index in [1.165, 1.54) is 0 Å². The Labute approximate surface area is 180 Å². The number of aliphatic imine (C=N–C) groups is 4. The molecule has 0 aromatic heterocycles. The lowest BCUT2D eigenvalue weighted by molar-refractivity contribution is 0.332. The van der Waals surface area contributed by atoms with E-state index in [1.807, 2.05) is 0 Å². The van der Waals surface area contributed by atoms with Crippen LogP contribution in [0.5, 0.6) is 0 Å². The minimum absolute atomic E-state index is 0.108. The zero-order valence-electron chi connectivity index (χ0n) is 19.5. The molecule has 2 rings (SSSR count). The standard InChI is InChI=1S/C22H36N4O4/c1-13(2)17-21(29-7)23-15(19(25-17)27-5)11-9-10-12-16-20(28-6)26-18(14(3)4)22(24-16)30-8/h9-10,13-18H,11-12H2,1-8H3/t15-,16-,17+,18+/m0/s1. The summed E-state index contributed by atoms with van der Waals surface area (Å²) < 4.78 is 21.9. The number of rotatable bonds is 6. The van der Waals surface area contributed by atoms with Gasteiger partial charge in [-0.3, -0.25) is 0 Å². The number of hydrogen-bond acceptors (Lipinski definition) is 8. The molecular weight excluding hydrogens is 384 g/mol. The number of nitrogens with zero attached hydrogens (tertiary/aromatic N) is 4. The van der Waals surface area contributed by atoms with Gasteiger partial charge in [0.05, 0.1) is 28.4 Å². The topological polar surface area (TPSA) is 86.4 Å². The summed E-state index contributed by atoms with van der Waals surface area (Å²) in [6.07, 6.45) is 5.45. The maximum absolute atomic E-state index is 5.50. The number of methoxy groups -OCH3 is 4. The van der Waals surface area contributed by atoms with Crippen molar-refractivity contribution in [3.63, 3.8) is 0 Å². The van der Waals surface area contributed by atoms with E-state index in [0.29, 0.717) is 36.4 Å². The summed E-state index contributed by atoms with van der Waals surface area (Å²) in [5.74, 6) is 3.14. The van der Waals surface area contributed by atoms with Crippen LogP contribution >= 0.6 is 0 Å². The van der Waals surface area contributed by atoms with Gasteiger partial charge in [-0.1, -0.05) is 39.8 Å². The fourth-order valence-corrected chi connectivity index (χ4v) is 3.48. The fourth-order valence-electron chi connectivity index (χ4n) is 3.48. The van der Waals surface area contributed by atoms with Crippen LogP contribution < -0.4 is 0 Å². The third-order valence-electron chi connectivity index (χ3n) is 5.16. The van der Waals surface area contributed by atoms with E-state index < -0.39 is 0 Å². The van der Waals surface area contributed by atoms with E-state index in [0.717, 1.165) is 0 Å². The molecule has 0 unspecified atom stereocenters. The average Bonchev–Trinajstić information content (AvgIpc) is 2.75. The van der Waals surface area contributed by atoms with Crippen LogP contribution in [0.15, 0.2) is 32.1 Å². The molecule has 8 heteroatoms. The first-order chi connectivity index (χ1) is 14.4. The van der Waals surface area contributed by atoms with Crippen molar-refractivity contribution in [2.45, 2.75) is 64.7 Å². The molecule has 0 N–H and O–H groups in total. The van der Waals surface area contributed by atoms with E-state index >= 15 is 0 Å². The molecule has 0 amide bonds. The lowest BCUT2D eigenvalue weighted by Gasteiger charge is -2.27. The molecule has 168 valence electrons. The Bertz CT molecular complexity index is 665. The third-order valence-corrected chi connectivity index (χ3v) is 5.16. The van der Waals surface area contributed by atoms with Crippen LogP contribution in [0.1, 0.15) is 40.5 Å². The van der Waals surface area contributed by atoms with E-state index in [4.69, 9.17) is 38.9 Å². The molecule has 0 aromatic carbocycles. The van der Waals surface area contributed by atoms with Gasteiger partial charge in [0, 0.05) is 0 Å². The first-order valence-electron chi connectivity index (χ1n) is 10.5. The second-order valence-electron chi connectivity index (χ2n) is 8.04. The van der Waals surface area contributed by atoms with Crippen LogP contribution in [-0.4, -0.2) is 76.2 Å². The Kier molecular flexibility index (Phi) is 8.87. The summed E-state index contributed by atoms with van der Waals surface area (Å²) in [6, 6.07) is -0.602. The highest BCUT2D eigenvalue weighted by Gasteiger charge is 2.31. The van der Waals surface area contributed by atoms with Gasteiger partial charge in [-0.25, -0.2) is 20.0 Å². The molecule has 0 aliphatic carbocycles. The van der Waals surface area contributed by atoms with Crippen LogP contribution in [-0.2, 0) is 18.9 Å². The molecule has 0 radical (unpaired) electrons. The molecule has 0 saturated heterocycles. The highest BCUT2D eigenvalue weighted by Crippen LogP contribution is 2.21. The van der Waals surface area contributed by atoms with Crippen molar-refractivity contribution in [3.8, 4) is 0 Å². The van der Waals surface area contributed by atoms with Gasteiger partial charge in [0.15, 0.2) is 0 Å². The van der Waals surface area contributed by atoms with Crippen LogP contribution in [0, 0.1) is 11.8 Å². The number of hydrogen-bond donors (Lipinski definition) is 0. The largest absolute Gasteiger partial charge is 0.483 e. The average molecular weight is 421 g/mol. The van der Waals surface area contributed by atoms with Crippen LogP contribution in [0.3, 0.4) is 0 Å². The molecule has 0 spiro atoms. The summed E-state index contributed by atoms with van der Waals surface area (Å²) in [5, 5.41) is 0. The van der Waals surface area contributed by atoms with Gasteiger partial charge in [-0.05, 0) is 24.7 Å². The Morgan fingerprint density at radius 1 is 0.600 bits per heavy atom. The normalized spacial score (nSPS) is 26.9. The predicted molar refractivity (Wildman–Crippen MR) is 121 cm³/mol. The van der Waals surface area contributed by atoms with Crippen molar-refractivity contribution in [1.82, 2.24) is 0 Å². The lowest BCUT2D eigenvalue weighted by atomic mass is 10.0. The quantitative estimate of drug-likeness (QED) is 0.617. The van der Waals surface area contributed by atoms with Crippen molar-refractivity contribution in [3.05, 3.63) is 12.2 Å². The second kappa shape index (κ2) is 11.1. The van der Waals surface area contributed by atoms with Crippen molar-refractivity contribution < 1.29 is 18.9 Å². The van der Waals surface area contributed by atoms with E-state index in [2.05, 4.69) is 39.8 Å². The van der Waals surface area contributed by atoms with Crippen molar-refractivity contribution in [2.75, 3.05) is 28.4 Å². The lowest BCUT2D eigenvalue weighted by Crippen LogP contribution is -2.37. The fraction of sp³-hybridized carbons (Fsp3) is 0.727. The van der Waals surface area contributed by atoms with Gasteiger partial charge >= 0.3 is 0 Å². The van der Waals surface area contributed by atoms with Crippen molar-refractivity contribution in [2.24, 2.45) is 31.8 Å². The molecule has 0 fully saturated rings. The van der Waals surface area contributed by atoms with E-state index in [-0.39, 0.29) is 36.0 Å². The molecule has 2 heterocycles. The smallest absolute Gasteiger partial charge is 0.209 e. The van der Waals surface area contributed by atoms with E-state index in [9.17, 15) is 0 Å². The van der Waals surface area contributed by atoms with Crippen LogP contribution in [0.25, 0.3) is 0 Å². The number of ether oxygens (including phenoxy) is 4. The van der Waals surface area contributed by atoms with Gasteiger partial charge in [0.2, 0.25) is 23.6 Å². The Balaban J connectivity index is 2.06. The third kappa shape index (κ3) is 5.61. The Morgan fingerprint density at radius 3 is 1.20 bits per heavy atom. The Hall–Kier alpha value is -2.38. The summed E-state index contributed by atoms with van der Waals surface area (Å²) >= 11 is 0. The van der Waals surface area contributed by atoms with Crippen molar-refractivity contribution in [1.29, 1.82) is 0 Å².